The van der Waals surface area contributed by atoms with Crippen molar-refractivity contribution in [2.45, 2.75) is 33.8 Å². The van der Waals surface area contributed by atoms with Crippen molar-refractivity contribution in [3.05, 3.63) is 33.8 Å². The van der Waals surface area contributed by atoms with Gasteiger partial charge in [-0.2, -0.15) is 0 Å². The summed E-state index contributed by atoms with van der Waals surface area (Å²) in [5.41, 5.74) is 2.42. The lowest BCUT2D eigenvalue weighted by Gasteiger charge is -2.14. The van der Waals surface area contributed by atoms with Crippen molar-refractivity contribution in [1.29, 1.82) is 0 Å². The molecule has 0 N–H and O–H groups in total. The van der Waals surface area contributed by atoms with Crippen LogP contribution in [0.3, 0.4) is 0 Å². The normalized spacial score (nSPS) is 12.6. The molecule has 2 aromatic heterocycles. The Kier molecular flexibility index (Phi) is 5.76. The van der Waals surface area contributed by atoms with Gasteiger partial charge < -0.3 is 14.2 Å². The molecule has 0 aliphatic heterocycles. The minimum Gasteiger partial charge on any atom is -0.466 e. The zero-order chi connectivity index (χ0) is 17.0. The SMILES string of the molecule is CCN(C)C=Nc1cc(Br)c(OC(C)c2cc(C)no2)nc1C. The Morgan fingerprint density at radius 1 is 1.43 bits per heavy atom. The van der Waals surface area contributed by atoms with E-state index >= 15 is 0 Å². The number of aryl methyl sites for hydroxylation is 2. The zero-order valence-corrected chi connectivity index (χ0v) is 15.6. The number of rotatable bonds is 6. The van der Waals surface area contributed by atoms with E-state index in [1.165, 1.54) is 0 Å². The van der Waals surface area contributed by atoms with E-state index in [1.807, 2.05) is 44.9 Å². The van der Waals surface area contributed by atoms with Crippen LogP contribution in [0.2, 0.25) is 0 Å². The highest BCUT2D eigenvalue weighted by atomic mass is 79.9. The van der Waals surface area contributed by atoms with Gasteiger partial charge in [-0.1, -0.05) is 5.16 Å². The first kappa shape index (κ1) is 17.5. The van der Waals surface area contributed by atoms with E-state index in [4.69, 9.17) is 9.26 Å². The maximum atomic E-state index is 5.87. The fourth-order valence-electron chi connectivity index (χ4n) is 1.81. The number of hydrogen-bond donors (Lipinski definition) is 0. The molecule has 0 aliphatic rings. The topological polar surface area (TPSA) is 63.8 Å². The first-order valence-corrected chi connectivity index (χ1v) is 8.21. The van der Waals surface area contributed by atoms with Gasteiger partial charge in [0.05, 0.1) is 27.9 Å². The van der Waals surface area contributed by atoms with Crippen molar-refractivity contribution in [1.82, 2.24) is 15.0 Å². The van der Waals surface area contributed by atoms with Gasteiger partial charge in [-0.25, -0.2) is 9.98 Å². The third-order valence-corrected chi connectivity index (χ3v) is 3.90. The summed E-state index contributed by atoms with van der Waals surface area (Å²) in [7, 11) is 1.97. The monoisotopic (exact) mass is 380 g/mol. The standard InChI is InChI=1S/C16H21BrN4O2/c1-6-21(5)9-18-14-8-13(17)16(19-11(14)3)22-12(4)15-7-10(2)20-23-15/h7-9,12H,6H2,1-5H3. The molecule has 2 heterocycles. The minimum absolute atomic E-state index is 0.278. The molecule has 0 bridgehead atoms. The molecule has 0 fully saturated rings. The van der Waals surface area contributed by atoms with Crippen molar-refractivity contribution >= 4 is 28.0 Å². The summed E-state index contributed by atoms with van der Waals surface area (Å²) in [5.74, 6) is 1.17. The average Bonchev–Trinajstić information content (AvgIpc) is 2.95. The third kappa shape index (κ3) is 4.54. The van der Waals surface area contributed by atoms with Gasteiger partial charge in [0.1, 0.15) is 0 Å². The molecular weight excluding hydrogens is 360 g/mol. The highest BCUT2D eigenvalue weighted by Gasteiger charge is 2.16. The average molecular weight is 381 g/mol. The maximum Gasteiger partial charge on any atom is 0.229 e. The van der Waals surface area contributed by atoms with Gasteiger partial charge in [0, 0.05) is 19.7 Å². The minimum atomic E-state index is -0.278. The van der Waals surface area contributed by atoms with Crippen molar-refractivity contribution in [3.63, 3.8) is 0 Å². The van der Waals surface area contributed by atoms with Crippen molar-refractivity contribution < 1.29 is 9.26 Å². The first-order valence-electron chi connectivity index (χ1n) is 7.42. The Labute approximate surface area is 144 Å². The van der Waals surface area contributed by atoms with Crippen LogP contribution in [0.15, 0.2) is 26.1 Å². The van der Waals surface area contributed by atoms with Gasteiger partial charge in [0.2, 0.25) is 5.88 Å². The fraction of sp³-hybridized carbons (Fsp3) is 0.438. The van der Waals surface area contributed by atoms with Crippen LogP contribution in [0.1, 0.15) is 37.1 Å². The van der Waals surface area contributed by atoms with Gasteiger partial charge in [-0.15, -0.1) is 0 Å². The lowest BCUT2D eigenvalue weighted by atomic mass is 10.3. The molecule has 1 atom stereocenters. The van der Waals surface area contributed by atoms with Crippen molar-refractivity contribution in [3.8, 4) is 5.88 Å². The highest BCUT2D eigenvalue weighted by Crippen LogP contribution is 2.32. The van der Waals surface area contributed by atoms with E-state index in [-0.39, 0.29) is 6.10 Å². The van der Waals surface area contributed by atoms with E-state index in [0.717, 1.165) is 28.1 Å². The summed E-state index contributed by atoms with van der Waals surface area (Å²) >= 11 is 3.49. The summed E-state index contributed by atoms with van der Waals surface area (Å²) in [5, 5.41) is 3.87. The molecule has 124 valence electrons. The van der Waals surface area contributed by atoms with Crippen LogP contribution >= 0.6 is 15.9 Å². The second kappa shape index (κ2) is 7.59. The molecule has 2 rings (SSSR count). The summed E-state index contributed by atoms with van der Waals surface area (Å²) < 4.78 is 11.8. The van der Waals surface area contributed by atoms with Crippen LogP contribution in [0, 0.1) is 13.8 Å². The number of aliphatic imine (C=N–C) groups is 1. The number of pyridine rings is 1. The van der Waals surface area contributed by atoms with Gasteiger partial charge in [-0.05, 0) is 49.7 Å². The van der Waals surface area contributed by atoms with Gasteiger partial charge in [0.25, 0.3) is 0 Å². The molecular formula is C16H21BrN4O2. The quantitative estimate of drug-likeness (QED) is 0.554. The molecule has 1 unspecified atom stereocenters. The molecule has 0 saturated carbocycles. The van der Waals surface area contributed by atoms with Crippen LogP contribution in [0.5, 0.6) is 5.88 Å². The van der Waals surface area contributed by atoms with Crippen LogP contribution in [0.25, 0.3) is 0 Å². The Bertz CT molecular complexity index is 699. The van der Waals surface area contributed by atoms with E-state index < -0.39 is 0 Å². The Balaban J connectivity index is 2.18. The van der Waals surface area contributed by atoms with Gasteiger partial charge >= 0.3 is 0 Å². The number of halogens is 1. The zero-order valence-electron chi connectivity index (χ0n) is 14.0. The Morgan fingerprint density at radius 3 is 2.78 bits per heavy atom. The van der Waals surface area contributed by atoms with E-state index in [2.05, 4.69) is 38.0 Å². The van der Waals surface area contributed by atoms with E-state index in [1.54, 1.807) is 6.34 Å². The third-order valence-electron chi connectivity index (χ3n) is 3.34. The lowest BCUT2D eigenvalue weighted by Crippen LogP contribution is -2.14. The van der Waals surface area contributed by atoms with Crippen LogP contribution in [-0.2, 0) is 0 Å². The van der Waals surface area contributed by atoms with Crippen LogP contribution in [0.4, 0.5) is 5.69 Å². The first-order chi connectivity index (χ1) is 10.9. The molecule has 0 amide bonds. The van der Waals surface area contributed by atoms with Gasteiger partial charge in [-0.3, -0.25) is 0 Å². The molecule has 0 spiro atoms. The number of hydrogen-bond acceptors (Lipinski definition) is 5. The van der Waals surface area contributed by atoms with E-state index in [0.29, 0.717) is 11.6 Å². The number of aromatic nitrogens is 2. The number of nitrogens with zero attached hydrogens (tertiary/aromatic N) is 4. The fourth-order valence-corrected chi connectivity index (χ4v) is 2.20. The van der Waals surface area contributed by atoms with Gasteiger partial charge in [0.15, 0.2) is 11.9 Å². The Hall–Kier alpha value is -1.89. The van der Waals surface area contributed by atoms with Crippen molar-refractivity contribution in [2.24, 2.45) is 4.99 Å². The highest BCUT2D eigenvalue weighted by molar-refractivity contribution is 9.10. The summed E-state index contributed by atoms with van der Waals surface area (Å²) in [6.45, 7) is 8.63. The smallest absolute Gasteiger partial charge is 0.229 e. The lowest BCUT2D eigenvalue weighted by molar-refractivity contribution is 0.173. The second-order valence-corrected chi connectivity index (χ2v) is 6.18. The summed E-state index contributed by atoms with van der Waals surface area (Å²) in [6, 6.07) is 3.75. The predicted octanol–water partition coefficient (Wildman–Crippen LogP) is 4.20. The second-order valence-electron chi connectivity index (χ2n) is 5.33. The maximum absolute atomic E-state index is 5.87. The predicted molar refractivity (Wildman–Crippen MR) is 93.4 cm³/mol. The Morgan fingerprint density at radius 2 is 2.17 bits per heavy atom. The largest absolute Gasteiger partial charge is 0.466 e. The van der Waals surface area contributed by atoms with E-state index in [9.17, 15) is 0 Å². The molecule has 0 radical (unpaired) electrons. The molecule has 0 aromatic carbocycles. The number of ether oxygens (including phenoxy) is 1. The summed E-state index contributed by atoms with van der Waals surface area (Å²) in [6.07, 6.45) is 1.51. The van der Waals surface area contributed by atoms with Crippen molar-refractivity contribution in [2.75, 3.05) is 13.6 Å². The molecule has 6 nitrogen and oxygen atoms in total. The molecule has 7 heteroatoms. The molecule has 2 aromatic rings. The molecule has 0 saturated heterocycles. The summed E-state index contributed by atoms with van der Waals surface area (Å²) in [4.78, 5) is 10.9. The van der Waals surface area contributed by atoms with Crippen LogP contribution in [-0.4, -0.2) is 35.0 Å². The van der Waals surface area contributed by atoms with Crippen LogP contribution < -0.4 is 4.74 Å². The molecule has 0 aliphatic carbocycles. The molecule has 23 heavy (non-hydrogen) atoms.